The summed E-state index contributed by atoms with van der Waals surface area (Å²) < 4.78 is 37.6. The monoisotopic (exact) mass is 301 g/mol. The number of ether oxygens (including phenoxy) is 1. The van der Waals surface area contributed by atoms with Crippen molar-refractivity contribution in [3.8, 4) is 5.75 Å². The Morgan fingerprint density at radius 3 is 2.55 bits per heavy atom. The van der Waals surface area contributed by atoms with Gasteiger partial charge in [0.1, 0.15) is 5.75 Å². The molecule has 0 aliphatic rings. The first-order chi connectivity index (χ1) is 9.23. The third-order valence-corrected chi connectivity index (χ3v) is 3.56. The maximum absolute atomic E-state index is 10.8. The van der Waals surface area contributed by atoms with E-state index in [1.165, 1.54) is 0 Å². The molecule has 0 saturated carbocycles. The lowest BCUT2D eigenvalue weighted by atomic mass is 10.2. The molecule has 6 nitrogen and oxygen atoms in total. The van der Waals surface area contributed by atoms with Gasteiger partial charge in [-0.25, -0.2) is 8.42 Å². The van der Waals surface area contributed by atoms with Crippen LogP contribution in [0.1, 0.15) is 16.8 Å². The maximum atomic E-state index is 10.8. The zero-order valence-electron chi connectivity index (χ0n) is 11.6. The molecule has 0 spiro atoms. The minimum atomic E-state index is -4.17. The minimum Gasteiger partial charge on any atom is -0.748 e. The summed E-state index contributed by atoms with van der Waals surface area (Å²) in [5.74, 6) is 0.115. The lowest BCUT2D eigenvalue weighted by Crippen LogP contribution is -2.44. The van der Waals surface area contributed by atoms with E-state index in [-0.39, 0.29) is 18.9 Å². The van der Waals surface area contributed by atoms with Gasteiger partial charge in [0.05, 0.1) is 36.3 Å². The SMILES string of the molecule is C[N+](C)(CCCS(=O)(=O)[O-])COc1ccccc1C=O. The number of nitrogens with zero attached hydrogens (tertiary/aromatic N) is 1. The molecule has 1 aromatic rings. The van der Waals surface area contributed by atoms with E-state index in [0.29, 0.717) is 22.3 Å². The molecule has 20 heavy (non-hydrogen) atoms. The lowest BCUT2D eigenvalue weighted by Gasteiger charge is -2.29. The zero-order valence-corrected chi connectivity index (χ0v) is 12.4. The number of hydrogen-bond acceptors (Lipinski definition) is 5. The minimum absolute atomic E-state index is 0.275. The van der Waals surface area contributed by atoms with Crippen molar-refractivity contribution in [3.63, 3.8) is 0 Å². The van der Waals surface area contributed by atoms with E-state index in [1.807, 2.05) is 14.1 Å². The Morgan fingerprint density at radius 2 is 1.95 bits per heavy atom. The molecule has 0 N–H and O–H groups in total. The summed E-state index contributed by atoms with van der Waals surface area (Å²) in [6.07, 6.45) is 0.997. The molecule has 0 fully saturated rings. The number of benzene rings is 1. The van der Waals surface area contributed by atoms with Gasteiger partial charge in [-0.3, -0.25) is 9.28 Å². The summed E-state index contributed by atoms with van der Waals surface area (Å²) in [5, 5.41) is 0. The van der Waals surface area contributed by atoms with Crippen molar-refractivity contribution in [2.75, 3.05) is 33.1 Å². The molecule has 0 aromatic heterocycles. The highest BCUT2D eigenvalue weighted by molar-refractivity contribution is 7.85. The van der Waals surface area contributed by atoms with Crippen LogP contribution in [0.4, 0.5) is 0 Å². The molecule has 0 aliphatic carbocycles. The van der Waals surface area contributed by atoms with E-state index >= 15 is 0 Å². The average Bonchev–Trinajstić information content (AvgIpc) is 2.35. The van der Waals surface area contributed by atoms with Crippen LogP contribution in [0.2, 0.25) is 0 Å². The van der Waals surface area contributed by atoms with E-state index in [4.69, 9.17) is 4.74 Å². The van der Waals surface area contributed by atoms with Crippen LogP contribution in [0.5, 0.6) is 5.75 Å². The van der Waals surface area contributed by atoms with E-state index in [1.54, 1.807) is 24.3 Å². The fraction of sp³-hybridized carbons (Fsp3) is 0.462. The number of aldehydes is 1. The second-order valence-corrected chi connectivity index (χ2v) is 6.73. The molecule has 1 rings (SSSR count). The Morgan fingerprint density at radius 1 is 1.30 bits per heavy atom. The number of para-hydroxylation sites is 1. The number of rotatable bonds is 8. The topological polar surface area (TPSA) is 83.5 Å². The van der Waals surface area contributed by atoms with E-state index in [0.717, 1.165) is 6.29 Å². The van der Waals surface area contributed by atoms with Gasteiger partial charge in [0, 0.05) is 12.2 Å². The molecule has 1 aromatic carbocycles. The van der Waals surface area contributed by atoms with E-state index < -0.39 is 10.1 Å². The predicted molar refractivity (Wildman–Crippen MR) is 73.5 cm³/mol. The van der Waals surface area contributed by atoms with Crippen LogP contribution < -0.4 is 4.74 Å². The number of carbonyl (C=O) groups is 1. The molecule has 0 unspecified atom stereocenters. The van der Waals surface area contributed by atoms with Crippen molar-refractivity contribution >= 4 is 16.4 Å². The van der Waals surface area contributed by atoms with Crippen LogP contribution >= 0.6 is 0 Å². The van der Waals surface area contributed by atoms with Gasteiger partial charge in [0.15, 0.2) is 6.29 Å². The zero-order chi connectivity index (χ0) is 15.2. The van der Waals surface area contributed by atoms with Crippen LogP contribution in [0.25, 0.3) is 0 Å². The van der Waals surface area contributed by atoms with Crippen LogP contribution in [0, 0.1) is 0 Å². The molecular formula is C13H19NO5S. The summed E-state index contributed by atoms with van der Waals surface area (Å²) in [7, 11) is -0.447. The first kappa shape index (κ1) is 16.6. The quantitative estimate of drug-likeness (QED) is 0.307. The van der Waals surface area contributed by atoms with Crippen molar-refractivity contribution in [1.82, 2.24) is 0 Å². The molecule has 0 aliphatic heterocycles. The normalized spacial score (nSPS) is 12.2. The van der Waals surface area contributed by atoms with Gasteiger partial charge in [0.2, 0.25) is 6.73 Å². The highest BCUT2D eigenvalue weighted by Crippen LogP contribution is 2.16. The van der Waals surface area contributed by atoms with Crippen LogP contribution in [0.3, 0.4) is 0 Å². The van der Waals surface area contributed by atoms with Gasteiger partial charge in [-0.05, 0) is 12.1 Å². The second kappa shape index (κ2) is 6.83. The summed E-state index contributed by atoms with van der Waals surface area (Å²) in [4.78, 5) is 10.8. The van der Waals surface area contributed by atoms with Gasteiger partial charge in [0.25, 0.3) is 0 Å². The lowest BCUT2D eigenvalue weighted by molar-refractivity contribution is -0.905. The summed E-state index contributed by atoms with van der Waals surface area (Å²) >= 11 is 0. The fourth-order valence-corrected chi connectivity index (χ4v) is 2.17. The Hall–Kier alpha value is -1.44. The third kappa shape index (κ3) is 6.14. The molecule has 0 bridgehead atoms. The van der Waals surface area contributed by atoms with Crippen molar-refractivity contribution in [1.29, 1.82) is 0 Å². The molecule has 0 amide bonds. The Kier molecular flexibility index (Phi) is 5.67. The fourth-order valence-electron chi connectivity index (χ4n) is 1.69. The molecule has 0 radical (unpaired) electrons. The van der Waals surface area contributed by atoms with Crippen molar-refractivity contribution < 1.29 is 27.0 Å². The molecule has 0 heterocycles. The van der Waals surface area contributed by atoms with Gasteiger partial charge < -0.3 is 9.29 Å². The van der Waals surface area contributed by atoms with E-state index in [9.17, 15) is 17.8 Å². The highest BCUT2D eigenvalue weighted by atomic mass is 32.2. The second-order valence-electron chi connectivity index (χ2n) is 5.20. The Balaban J connectivity index is 2.52. The van der Waals surface area contributed by atoms with Crippen molar-refractivity contribution in [2.45, 2.75) is 6.42 Å². The molecule has 0 atom stereocenters. The first-order valence-electron chi connectivity index (χ1n) is 6.16. The number of quaternary nitrogens is 1. The van der Waals surface area contributed by atoms with Gasteiger partial charge >= 0.3 is 0 Å². The Bertz CT molecular complexity index is 554. The maximum Gasteiger partial charge on any atom is 0.223 e. The smallest absolute Gasteiger partial charge is 0.223 e. The predicted octanol–water partition coefficient (Wildman–Crippen LogP) is 0.847. The highest BCUT2D eigenvalue weighted by Gasteiger charge is 2.16. The van der Waals surface area contributed by atoms with E-state index in [2.05, 4.69) is 0 Å². The number of carbonyl (C=O) groups excluding carboxylic acids is 1. The molecule has 0 saturated heterocycles. The number of hydrogen-bond donors (Lipinski definition) is 0. The van der Waals surface area contributed by atoms with Crippen LogP contribution in [0.15, 0.2) is 24.3 Å². The summed E-state index contributed by atoms with van der Waals surface area (Å²) in [6.45, 7) is 0.772. The van der Waals surface area contributed by atoms with Crippen molar-refractivity contribution in [3.05, 3.63) is 29.8 Å². The standard InChI is InChI=1S/C13H19NO5S/c1-14(2,8-5-9-20(16,17)18)11-19-13-7-4-3-6-12(13)10-15/h3-4,6-7,10H,5,8-9,11H2,1-2H3. The van der Waals surface area contributed by atoms with Gasteiger partial charge in [-0.1, -0.05) is 12.1 Å². The van der Waals surface area contributed by atoms with Crippen LogP contribution in [-0.4, -0.2) is 56.9 Å². The first-order valence-corrected chi connectivity index (χ1v) is 7.74. The molecule has 112 valence electrons. The molecule has 7 heteroatoms. The Labute approximate surface area is 119 Å². The molecular weight excluding hydrogens is 282 g/mol. The van der Waals surface area contributed by atoms with Gasteiger partial charge in [-0.2, -0.15) is 0 Å². The third-order valence-electron chi connectivity index (χ3n) is 2.77. The average molecular weight is 301 g/mol. The largest absolute Gasteiger partial charge is 0.748 e. The summed E-state index contributed by atoms with van der Waals surface area (Å²) in [5.41, 5.74) is 0.467. The van der Waals surface area contributed by atoms with Crippen molar-refractivity contribution in [2.24, 2.45) is 0 Å². The summed E-state index contributed by atoms with van der Waals surface area (Å²) in [6, 6.07) is 6.88. The van der Waals surface area contributed by atoms with Gasteiger partial charge in [-0.15, -0.1) is 0 Å². The van der Waals surface area contributed by atoms with Crippen LogP contribution in [-0.2, 0) is 10.1 Å².